The summed E-state index contributed by atoms with van der Waals surface area (Å²) in [6.07, 6.45) is 0. The Balaban J connectivity index is 1.79. The predicted octanol–water partition coefficient (Wildman–Crippen LogP) is 4.40. The summed E-state index contributed by atoms with van der Waals surface area (Å²) < 4.78 is 10.8. The van der Waals surface area contributed by atoms with Crippen molar-refractivity contribution < 1.29 is 24.0 Å². The minimum absolute atomic E-state index is 0.0499. The number of anilines is 2. The molecular weight excluding hydrogens is 438 g/mol. The number of nitro benzene ring substituents is 1. The van der Waals surface area contributed by atoms with Gasteiger partial charge in [0.2, 0.25) is 0 Å². The summed E-state index contributed by atoms with van der Waals surface area (Å²) in [5.41, 5.74) is 1.26. The number of hydrogen-bond donors (Lipinski definition) is 1. The number of amides is 2. The number of carbonyl (C=O) groups excluding carboxylic acids is 2. The van der Waals surface area contributed by atoms with Crippen molar-refractivity contribution in [2.75, 3.05) is 23.9 Å². The van der Waals surface area contributed by atoms with Gasteiger partial charge in [-0.05, 0) is 61.0 Å². The Hall–Kier alpha value is -4.66. The molecule has 0 fully saturated rings. The fourth-order valence-corrected chi connectivity index (χ4v) is 3.64. The minimum Gasteiger partial charge on any atom is -0.495 e. The van der Waals surface area contributed by atoms with E-state index in [1.807, 2.05) is 6.92 Å². The molecule has 0 unspecified atom stereocenters. The van der Waals surface area contributed by atoms with Crippen LogP contribution in [0.5, 0.6) is 11.5 Å². The van der Waals surface area contributed by atoms with Crippen LogP contribution in [0.3, 0.4) is 0 Å². The van der Waals surface area contributed by atoms with E-state index in [1.165, 1.54) is 31.4 Å². The highest BCUT2D eigenvalue weighted by atomic mass is 16.6. The largest absolute Gasteiger partial charge is 0.495 e. The molecule has 9 heteroatoms. The number of hydrogen-bond acceptors (Lipinski definition) is 7. The molecule has 0 saturated carbocycles. The van der Waals surface area contributed by atoms with Crippen LogP contribution in [0.2, 0.25) is 0 Å². The number of nitro groups is 1. The maximum atomic E-state index is 13.5. The van der Waals surface area contributed by atoms with Crippen LogP contribution in [0.1, 0.15) is 12.5 Å². The molecule has 3 aromatic rings. The highest BCUT2D eigenvalue weighted by Gasteiger charge is 2.41. The summed E-state index contributed by atoms with van der Waals surface area (Å²) in [6.45, 7) is 2.39. The van der Waals surface area contributed by atoms with Gasteiger partial charge in [0.25, 0.3) is 17.5 Å². The van der Waals surface area contributed by atoms with Gasteiger partial charge in [0.15, 0.2) is 0 Å². The molecular formula is C25H21N3O6. The molecule has 2 amide bonds. The van der Waals surface area contributed by atoms with Gasteiger partial charge in [-0.25, -0.2) is 4.90 Å². The molecule has 1 heterocycles. The van der Waals surface area contributed by atoms with Crippen LogP contribution in [0.15, 0.2) is 78.5 Å². The maximum absolute atomic E-state index is 13.5. The first-order valence-corrected chi connectivity index (χ1v) is 10.5. The molecule has 4 rings (SSSR count). The van der Waals surface area contributed by atoms with Crippen LogP contribution in [0.25, 0.3) is 5.57 Å². The zero-order chi connectivity index (χ0) is 24.2. The highest BCUT2D eigenvalue weighted by Crippen LogP contribution is 2.38. The van der Waals surface area contributed by atoms with Crippen molar-refractivity contribution in [3.63, 3.8) is 0 Å². The fraction of sp³-hybridized carbons (Fsp3) is 0.120. The molecule has 3 aromatic carbocycles. The van der Waals surface area contributed by atoms with Crippen molar-refractivity contribution in [3.05, 3.63) is 94.2 Å². The molecule has 0 radical (unpaired) electrons. The molecule has 0 atom stereocenters. The van der Waals surface area contributed by atoms with Crippen molar-refractivity contribution in [1.29, 1.82) is 0 Å². The first-order chi connectivity index (χ1) is 16.4. The Morgan fingerprint density at radius 3 is 2.24 bits per heavy atom. The molecule has 0 aromatic heterocycles. The van der Waals surface area contributed by atoms with Gasteiger partial charge in [0.1, 0.15) is 17.2 Å². The van der Waals surface area contributed by atoms with Crippen molar-refractivity contribution >= 4 is 34.4 Å². The van der Waals surface area contributed by atoms with Crippen molar-refractivity contribution in [1.82, 2.24) is 0 Å². The van der Waals surface area contributed by atoms with Crippen LogP contribution in [0, 0.1) is 10.1 Å². The van der Waals surface area contributed by atoms with Gasteiger partial charge in [-0.15, -0.1) is 0 Å². The van der Waals surface area contributed by atoms with Gasteiger partial charge >= 0.3 is 0 Å². The lowest BCUT2D eigenvalue weighted by atomic mass is 10.0. The second-order valence-corrected chi connectivity index (χ2v) is 7.25. The average molecular weight is 459 g/mol. The molecule has 1 aliphatic heterocycles. The van der Waals surface area contributed by atoms with E-state index >= 15 is 0 Å². The monoisotopic (exact) mass is 459 g/mol. The molecule has 34 heavy (non-hydrogen) atoms. The third-order valence-corrected chi connectivity index (χ3v) is 5.21. The Morgan fingerprint density at radius 2 is 1.62 bits per heavy atom. The number of non-ortho nitro benzene ring substituents is 1. The highest BCUT2D eigenvalue weighted by molar-refractivity contribution is 6.46. The van der Waals surface area contributed by atoms with Crippen LogP contribution in [0.4, 0.5) is 17.1 Å². The lowest BCUT2D eigenvalue weighted by Crippen LogP contribution is -2.32. The lowest BCUT2D eigenvalue weighted by Gasteiger charge is -2.18. The topological polar surface area (TPSA) is 111 Å². The number of carbonyl (C=O) groups is 2. The van der Waals surface area contributed by atoms with E-state index in [0.29, 0.717) is 35.0 Å². The second-order valence-electron chi connectivity index (χ2n) is 7.25. The molecule has 9 nitrogen and oxygen atoms in total. The Labute approximate surface area is 195 Å². The zero-order valence-electron chi connectivity index (χ0n) is 18.5. The van der Waals surface area contributed by atoms with Crippen LogP contribution >= 0.6 is 0 Å². The normalized spacial score (nSPS) is 13.3. The average Bonchev–Trinajstić information content (AvgIpc) is 3.09. The molecule has 0 aliphatic carbocycles. The summed E-state index contributed by atoms with van der Waals surface area (Å²) in [4.78, 5) is 38.6. The van der Waals surface area contributed by atoms with E-state index in [0.717, 1.165) is 4.90 Å². The maximum Gasteiger partial charge on any atom is 0.282 e. The third kappa shape index (κ3) is 4.18. The first-order valence-electron chi connectivity index (χ1n) is 10.5. The van der Waals surface area contributed by atoms with Gasteiger partial charge in [0, 0.05) is 17.8 Å². The Bertz CT molecular complexity index is 1280. The van der Waals surface area contributed by atoms with E-state index in [-0.39, 0.29) is 17.0 Å². The predicted molar refractivity (Wildman–Crippen MR) is 127 cm³/mol. The van der Waals surface area contributed by atoms with Gasteiger partial charge in [-0.2, -0.15) is 0 Å². The van der Waals surface area contributed by atoms with Gasteiger partial charge in [0.05, 0.1) is 29.9 Å². The van der Waals surface area contributed by atoms with Crippen LogP contribution in [-0.2, 0) is 9.59 Å². The van der Waals surface area contributed by atoms with Gasteiger partial charge in [-0.1, -0.05) is 12.1 Å². The number of benzene rings is 3. The molecule has 0 saturated heterocycles. The van der Waals surface area contributed by atoms with E-state index < -0.39 is 16.7 Å². The van der Waals surface area contributed by atoms with Crippen molar-refractivity contribution in [3.8, 4) is 11.5 Å². The van der Waals surface area contributed by atoms with E-state index in [4.69, 9.17) is 9.47 Å². The number of methoxy groups -OCH3 is 1. The van der Waals surface area contributed by atoms with Crippen molar-refractivity contribution in [2.45, 2.75) is 6.92 Å². The number of ether oxygens (including phenoxy) is 2. The van der Waals surface area contributed by atoms with Crippen LogP contribution in [-0.4, -0.2) is 30.5 Å². The number of imide groups is 1. The number of nitrogens with one attached hydrogen (secondary N) is 1. The van der Waals surface area contributed by atoms with E-state index in [2.05, 4.69) is 5.32 Å². The molecule has 0 spiro atoms. The van der Waals surface area contributed by atoms with Crippen LogP contribution < -0.4 is 19.7 Å². The Morgan fingerprint density at radius 1 is 0.941 bits per heavy atom. The summed E-state index contributed by atoms with van der Waals surface area (Å²) >= 11 is 0. The Kier molecular flexibility index (Phi) is 6.26. The quantitative estimate of drug-likeness (QED) is 0.302. The summed E-state index contributed by atoms with van der Waals surface area (Å²) in [7, 11) is 1.45. The number of nitrogens with zero attached hydrogens (tertiary/aromatic N) is 2. The SMILES string of the molecule is CCOc1ccc(NC2=C(c3ccc([N+](=O)[O-])cc3)C(=O)N(c3ccccc3OC)C2=O)cc1. The second kappa shape index (κ2) is 9.45. The zero-order valence-corrected chi connectivity index (χ0v) is 18.5. The van der Waals surface area contributed by atoms with Crippen molar-refractivity contribution in [2.24, 2.45) is 0 Å². The summed E-state index contributed by atoms with van der Waals surface area (Å²) in [6, 6.07) is 19.1. The molecule has 1 aliphatic rings. The summed E-state index contributed by atoms with van der Waals surface area (Å²) in [5, 5.41) is 14.1. The minimum atomic E-state index is -0.572. The summed E-state index contributed by atoms with van der Waals surface area (Å²) in [5.74, 6) is -0.120. The fourth-order valence-electron chi connectivity index (χ4n) is 3.64. The lowest BCUT2D eigenvalue weighted by molar-refractivity contribution is -0.384. The van der Waals surface area contributed by atoms with Gasteiger partial charge in [-0.3, -0.25) is 19.7 Å². The standard InChI is InChI=1S/C25H21N3O6/c1-3-34-19-14-10-17(11-15-19)26-23-22(16-8-12-18(13-9-16)28(31)32)24(29)27(25(23)30)20-6-4-5-7-21(20)33-2/h4-15,26H,3H2,1-2H3. The number of rotatable bonds is 8. The molecule has 1 N–H and O–H groups in total. The smallest absolute Gasteiger partial charge is 0.282 e. The van der Waals surface area contributed by atoms with E-state index in [1.54, 1.807) is 48.5 Å². The molecule has 172 valence electrons. The van der Waals surface area contributed by atoms with Gasteiger partial charge < -0.3 is 14.8 Å². The first kappa shape index (κ1) is 22.5. The third-order valence-electron chi connectivity index (χ3n) is 5.21. The molecule has 0 bridgehead atoms. The number of para-hydroxylation sites is 2. The van der Waals surface area contributed by atoms with E-state index in [9.17, 15) is 19.7 Å².